The molecule has 0 amide bonds. The molecular formula is C12H10N4S. The summed E-state index contributed by atoms with van der Waals surface area (Å²) in [7, 11) is 0. The number of aromatic nitrogens is 2. The van der Waals surface area contributed by atoms with E-state index in [0.717, 1.165) is 5.75 Å². The van der Waals surface area contributed by atoms with Crippen LogP contribution in [0.4, 0.5) is 5.82 Å². The second kappa shape index (κ2) is 5.32. The molecule has 0 bridgehead atoms. The lowest BCUT2D eigenvalue weighted by Gasteiger charge is -2.02. The third-order valence-electron chi connectivity index (χ3n) is 2.13. The largest absolute Gasteiger partial charge is 0.382 e. The Morgan fingerprint density at radius 3 is 2.71 bits per heavy atom. The number of thioether (sulfide) groups is 1. The van der Waals surface area contributed by atoms with Crippen molar-refractivity contribution in [3.05, 3.63) is 47.7 Å². The molecule has 0 aliphatic carbocycles. The van der Waals surface area contributed by atoms with E-state index in [1.54, 1.807) is 0 Å². The van der Waals surface area contributed by atoms with E-state index >= 15 is 0 Å². The van der Waals surface area contributed by atoms with Crippen molar-refractivity contribution < 1.29 is 0 Å². The average molecular weight is 242 g/mol. The van der Waals surface area contributed by atoms with Crippen molar-refractivity contribution in [1.29, 1.82) is 5.26 Å². The van der Waals surface area contributed by atoms with Gasteiger partial charge in [-0.25, -0.2) is 9.97 Å². The first-order valence-corrected chi connectivity index (χ1v) is 5.97. The molecule has 0 saturated heterocycles. The zero-order valence-corrected chi connectivity index (χ0v) is 9.81. The number of nitriles is 1. The van der Waals surface area contributed by atoms with Gasteiger partial charge in [0, 0.05) is 5.75 Å². The van der Waals surface area contributed by atoms with Crippen LogP contribution >= 0.6 is 11.8 Å². The van der Waals surface area contributed by atoms with Crippen molar-refractivity contribution in [3.8, 4) is 6.07 Å². The fraction of sp³-hybridized carbons (Fsp3) is 0.0833. The Kier molecular flexibility index (Phi) is 3.58. The number of anilines is 1. The SMILES string of the molecule is N#Cc1cnc(SCc2ccccc2)nc1N. The zero-order chi connectivity index (χ0) is 12.1. The van der Waals surface area contributed by atoms with Crippen molar-refractivity contribution in [2.75, 3.05) is 5.73 Å². The maximum atomic E-state index is 8.70. The predicted molar refractivity (Wildman–Crippen MR) is 67.2 cm³/mol. The lowest BCUT2D eigenvalue weighted by atomic mass is 10.2. The molecular weight excluding hydrogens is 232 g/mol. The summed E-state index contributed by atoms with van der Waals surface area (Å²) in [5.74, 6) is 1.02. The number of nitrogen functional groups attached to an aromatic ring is 1. The molecule has 0 fully saturated rings. The molecule has 1 heterocycles. The summed E-state index contributed by atoms with van der Waals surface area (Å²) in [6, 6.07) is 12.0. The summed E-state index contributed by atoms with van der Waals surface area (Å²) in [5.41, 5.74) is 7.13. The van der Waals surface area contributed by atoms with E-state index in [1.165, 1.54) is 23.5 Å². The van der Waals surface area contributed by atoms with E-state index in [2.05, 4.69) is 9.97 Å². The topological polar surface area (TPSA) is 75.6 Å². The van der Waals surface area contributed by atoms with Gasteiger partial charge < -0.3 is 5.73 Å². The number of hydrogen-bond donors (Lipinski definition) is 1. The molecule has 1 aromatic heterocycles. The highest BCUT2D eigenvalue weighted by molar-refractivity contribution is 7.98. The van der Waals surface area contributed by atoms with Crippen molar-refractivity contribution in [1.82, 2.24) is 9.97 Å². The van der Waals surface area contributed by atoms with Gasteiger partial charge in [-0.1, -0.05) is 42.1 Å². The summed E-state index contributed by atoms with van der Waals surface area (Å²) in [6.07, 6.45) is 1.45. The smallest absolute Gasteiger partial charge is 0.189 e. The number of benzene rings is 1. The molecule has 17 heavy (non-hydrogen) atoms. The number of hydrogen-bond acceptors (Lipinski definition) is 5. The van der Waals surface area contributed by atoms with Crippen LogP contribution in [0.3, 0.4) is 0 Å². The van der Waals surface area contributed by atoms with Gasteiger partial charge in [-0.05, 0) is 5.56 Å². The van der Waals surface area contributed by atoms with Crippen LogP contribution in [0.1, 0.15) is 11.1 Å². The first-order valence-electron chi connectivity index (χ1n) is 4.99. The summed E-state index contributed by atoms with van der Waals surface area (Å²) >= 11 is 1.50. The summed E-state index contributed by atoms with van der Waals surface area (Å²) < 4.78 is 0. The van der Waals surface area contributed by atoms with Crippen molar-refractivity contribution in [2.45, 2.75) is 10.9 Å². The summed E-state index contributed by atoms with van der Waals surface area (Å²) in [6.45, 7) is 0. The molecule has 0 spiro atoms. The molecule has 2 aromatic rings. The fourth-order valence-corrected chi connectivity index (χ4v) is 2.03. The van der Waals surface area contributed by atoms with Crippen molar-refractivity contribution in [3.63, 3.8) is 0 Å². The maximum Gasteiger partial charge on any atom is 0.189 e. The highest BCUT2D eigenvalue weighted by Crippen LogP contribution is 2.20. The Morgan fingerprint density at radius 2 is 2.06 bits per heavy atom. The van der Waals surface area contributed by atoms with Gasteiger partial charge in [0.15, 0.2) is 5.16 Å². The van der Waals surface area contributed by atoms with Crippen LogP contribution in [0.25, 0.3) is 0 Å². The van der Waals surface area contributed by atoms with Gasteiger partial charge in [0.05, 0.1) is 6.20 Å². The predicted octanol–water partition coefficient (Wildman–Crippen LogP) is 2.22. The van der Waals surface area contributed by atoms with Gasteiger partial charge in [0.25, 0.3) is 0 Å². The Labute approximate surface area is 104 Å². The molecule has 0 saturated carbocycles. The third kappa shape index (κ3) is 2.95. The maximum absolute atomic E-state index is 8.70. The lowest BCUT2D eigenvalue weighted by Crippen LogP contribution is -1.98. The van der Waals surface area contributed by atoms with E-state index in [4.69, 9.17) is 11.0 Å². The van der Waals surface area contributed by atoms with Gasteiger partial charge in [0.1, 0.15) is 17.5 Å². The second-order valence-corrected chi connectivity index (χ2v) is 4.28. The average Bonchev–Trinajstić information content (AvgIpc) is 2.38. The quantitative estimate of drug-likeness (QED) is 0.659. The Morgan fingerprint density at radius 1 is 1.29 bits per heavy atom. The Balaban J connectivity index is 2.06. The summed E-state index contributed by atoms with van der Waals surface area (Å²) in [4.78, 5) is 8.14. The van der Waals surface area contributed by atoms with Crippen LogP contribution in [0.15, 0.2) is 41.7 Å². The van der Waals surface area contributed by atoms with E-state index in [1.807, 2.05) is 36.4 Å². The molecule has 0 aliphatic rings. The van der Waals surface area contributed by atoms with Crippen LogP contribution in [-0.4, -0.2) is 9.97 Å². The van der Waals surface area contributed by atoms with Gasteiger partial charge >= 0.3 is 0 Å². The summed E-state index contributed by atoms with van der Waals surface area (Å²) in [5, 5.41) is 9.29. The molecule has 0 radical (unpaired) electrons. The standard InChI is InChI=1S/C12H10N4S/c13-6-10-7-15-12(16-11(10)14)17-8-9-4-2-1-3-5-9/h1-5,7H,8H2,(H2,14,15,16). The molecule has 0 unspecified atom stereocenters. The fourth-order valence-electron chi connectivity index (χ4n) is 1.26. The minimum Gasteiger partial charge on any atom is -0.382 e. The van der Waals surface area contributed by atoms with Gasteiger partial charge in [0.2, 0.25) is 0 Å². The highest BCUT2D eigenvalue weighted by atomic mass is 32.2. The molecule has 2 rings (SSSR count). The number of nitrogens with two attached hydrogens (primary N) is 1. The Bertz CT molecular complexity index is 548. The van der Waals surface area contributed by atoms with Crippen LogP contribution in [-0.2, 0) is 5.75 Å². The first-order chi connectivity index (χ1) is 8.29. The molecule has 0 aliphatic heterocycles. The molecule has 1 aromatic carbocycles. The van der Waals surface area contributed by atoms with E-state index in [0.29, 0.717) is 10.7 Å². The van der Waals surface area contributed by atoms with Crippen LogP contribution in [0.2, 0.25) is 0 Å². The minimum absolute atomic E-state index is 0.234. The lowest BCUT2D eigenvalue weighted by molar-refractivity contribution is 0.969. The van der Waals surface area contributed by atoms with Gasteiger partial charge in [-0.15, -0.1) is 0 Å². The monoisotopic (exact) mass is 242 g/mol. The van der Waals surface area contributed by atoms with E-state index < -0.39 is 0 Å². The second-order valence-electron chi connectivity index (χ2n) is 3.34. The number of rotatable bonds is 3. The molecule has 2 N–H and O–H groups in total. The minimum atomic E-state index is 0.234. The Hall–Kier alpha value is -2.06. The first kappa shape index (κ1) is 11.4. The molecule has 5 heteroatoms. The molecule has 84 valence electrons. The molecule has 0 atom stereocenters. The normalized spacial score (nSPS) is 9.82. The number of nitrogens with zero attached hydrogens (tertiary/aromatic N) is 3. The zero-order valence-electron chi connectivity index (χ0n) is 9.00. The van der Waals surface area contributed by atoms with Crippen molar-refractivity contribution in [2.24, 2.45) is 0 Å². The van der Waals surface area contributed by atoms with Crippen molar-refractivity contribution >= 4 is 17.6 Å². The van der Waals surface area contributed by atoms with Gasteiger partial charge in [-0.3, -0.25) is 0 Å². The van der Waals surface area contributed by atoms with Crippen LogP contribution < -0.4 is 5.73 Å². The van der Waals surface area contributed by atoms with E-state index in [9.17, 15) is 0 Å². The highest BCUT2D eigenvalue weighted by Gasteiger charge is 2.04. The van der Waals surface area contributed by atoms with Gasteiger partial charge in [-0.2, -0.15) is 5.26 Å². The van der Waals surface area contributed by atoms with Crippen LogP contribution in [0, 0.1) is 11.3 Å². The third-order valence-corrected chi connectivity index (χ3v) is 3.06. The van der Waals surface area contributed by atoms with E-state index in [-0.39, 0.29) is 5.82 Å². The molecule has 4 nitrogen and oxygen atoms in total. The van der Waals surface area contributed by atoms with Crippen LogP contribution in [0.5, 0.6) is 0 Å².